The maximum absolute atomic E-state index is 13.5. The second kappa shape index (κ2) is 6.76. The van der Waals surface area contributed by atoms with Crippen LogP contribution in [0.4, 0.5) is 5.82 Å². The fraction of sp³-hybridized carbons (Fsp3) is 0.0833. The average Bonchev–Trinajstić information content (AvgIpc) is 3.55. The SMILES string of the molecule is N#Cc1ccc(-c2nc3c4ccccc4ccc3[n+]3c2NC(Cc2ccco2)C3=O)s1. The van der Waals surface area contributed by atoms with Crippen molar-refractivity contribution in [1.82, 2.24) is 4.98 Å². The smallest absolute Gasteiger partial charge is 0.360 e. The first kappa shape index (κ1) is 17.8. The standard InChI is InChI=1S/C24H14N4O2S/c25-13-16-8-10-20(31-16)22-23-26-18(12-15-5-3-11-30-15)24(29)28(23)19-9-7-14-4-1-2-6-17(14)21(19)27-22/h1-11,18H,12H2/p+1. The number of aromatic nitrogens is 2. The average molecular weight is 423 g/mol. The molecule has 0 amide bonds. The summed E-state index contributed by atoms with van der Waals surface area (Å²) in [5.74, 6) is 1.34. The largest absolute Gasteiger partial charge is 0.469 e. The van der Waals surface area contributed by atoms with Crippen molar-refractivity contribution in [1.29, 1.82) is 5.26 Å². The maximum Gasteiger partial charge on any atom is 0.360 e. The third-order valence-electron chi connectivity index (χ3n) is 5.56. The Labute approximate surface area is 181 Å². The van der Waals surface area contributed by atoms with Crippen LogP contribution >= 0.6 is 11.3 Å². The minimum absolute atomic E-state index is 0.0487. The molecule has 0 saturated heterocycles. The molecule has 3 aromatic heterocycles. The second-order valence-electron chi connectivity index (χ2n) is 7.39. The van der Waals surface area contributed by atoms with Crippen molar-refractivity contribution < 1.29 is 13.8 Å². The van der Waals surface area contributed by atoms with Crippen LogP contribution < -0.4 is 9.88 Å². The summed E-state index contributed by atoms with van der Waals surface area (Å²) in [6, 6.07) is 21.0. The summed E-state index contributed by atoms with van der Waals surface area (Å²) in [5, 5.41) is 14.7. The molecule has 2 aromatic carbocycles. The molecule has 0 saturated carbocycles. The first-order chi connectivity index (χ1) is 15.2. The highest BCUT2D eigenvalue weighted by molar-refractivity contribution is 7.16. The molecular weight excluding hydrogens is 408 g/mol. The van der Waals surface area contributed by atoms with Crippen LogP contribution in [-0.4, -0.2) is 16.9 Å². The van der Waals surface area contributed by atoms with Gasteiger partial charge in [0.25, 0.3) is 0 Å². The van der Waals surface area contributed by atoms with Gasteiger partial charge in [0, 0.05) is 5.39 Å². The van der Waals surface area contributed by atoms with Gasteiger partial charge in [-0.1, -0.05) is 24.3 Å². The van der Waals surface area contributed by atoms with E-state index in [-0.39, 0.29) is 5.91 Å². The fourth-order valence-electron chi connectivity index (χ4n) is 4.14. The molecule has 4 heterocycles. The van der Waals surface area contributed by atoms with Crippen LogP contribution in [0.3, 0.4) is 0 Å². The summed E-state index contributed by atoms with van der Waals surface area (Å²) in [6.07, 6.45) is 2.05. The van der Waals surface area contributed by atoms with Crippen LogP contribution in [0.5, 0.6) is 0 Å². The number of fused-ring (bicyclic) bond motifs is 5. The Morgan fingerprint density at radius 2 is 2.03 bits per heavy atom. The van der Waals surface area contributed by atoms with Gasteiger partial charge in [0.1, 0.15) is 22.2 Å². The van der Waals surface area contributed by atoms with E-state index in [0.29, 0.717) is 22.8 Å². The number of rotatable bonds is 3. The van der Waals surface area contributed by atoms with Crippen molar-refractivity contribution in [3.05, 3.63) is 77.6 Å². The number of furan rings is 1. The summed E-state index contributed by atoms with van der Waals surface area (Å²) in [7, 11) is 0. The molecule has 148 valence electrons. The van der Waals surface area contributed by atoms with Crippen LogP contribution in [0.2, 0.25) is 0 Å². The molecular formula is C24H15N4O2S+. The highest BCUT2D eigenvalue weighted by Crippen LogP contribution is 2.35. The summed E-state index contributed by atoms with van der Waals surface area (Å²) >= 11 is 1.37. The van der Waals surface area contributed by atoms with Gasteiger partial charge in [0.15, 0.2) is 11.2 Å². The Balaban J connectivity index is 1.62. The molecule has 1 aliphatic heterocycles. The third-order valence-corrected chi connectivity index (χ3v) is 6.55. The molecule has 0 fully saturated rings. The van der Waals surface area contributed by atoms with Gasteiger partial charge in [-0.15, -0.1) is 11.3 Å². The van der Waals surface area contributed by atoms with E-state index >= 15 is 0 Å². The quantitative estimate of drug-likeness (QED) is 0.340. The predicted molar refractivity (Wildman–Crippen MR) is 118 cm³/mol. The highest BCUT2D eigenvalue weighted by atomic mass is 32.1. The van der Waals surface area contributed by atoms with E-state index < -0.39 is 6.04 Å². The van der Waals surface area contributed by atoms with Crippen molar-refractivity contribution in [2.75, 3.05) is 5.32 Å². The number of anilines is 1. The van der Waals surface area contributed by atoms with Gasteiger partial charge in [0.05, 0.1) is 17.6 Å². The Morgan fingerprint density at radius 3 is 2.84 bits per heavy atom. The molecule has 0 aliphatic carbocycles. The van der Waals surface area contributed by atoms with E-state index in [1.807, 2.05) is 54.6 Å². The first-order valence-electron chi connectivity index (χ1n) is 9.84. The van der Waals surface area contributed by atoms with Crippen molar-refractivity contribution in [3.8, 4) is 16.6 Å². The molecule has 6 nitrogen and oxygen atoms in total. The number of carbonyl (C=O) groups is 1. The molecule has 0 bridgehead atoms. The first-order valence-corrected chi connectivity index (χ1v) is 10.7. The van der Waals surface area contributed by atoms with Crippen LogP contribution in [-0.2, 0) is 6.42 Å². The van der Waals surface area contributed by atoms with Crippen LogP contribution in [0, 0.1) is 11.3 Å². The van der Waals surface area contributed by atoms with E-state index in [1.54, 1.807) is 16.9 Å². The van der Waals surface area contributed by atoms with Crippen molar-refractivity contribution in [3.63, 3.8) is 0 Å². The molecule has 0 spiro atoms. The van der Waals surface area contributed by atoms with E-state index in [1.165, 1.54) is 11.3 Å². The van der Waals surface area contributed by atoms with Crippen molar-refractivity contribution >= 4 is 44.9 Å². The van der Waals surface area contributed by atoms with Gasteiger partial charge in [-0.3, -0.25) is 5.32 Å². The number of benzene rings is 2. The van der Waals surface area contributed by atoms with Gasteiger partial charge in [-0.2, -0.15) is 9.83 Å². The molecule has 1 aliphatic rings. The minimum Gasteiger partial charge on any atom is -0.469 e. The summed E-state index contributed by atoms with van der Waals surface area (Å²) in [4.78, 5) is 19.9. The molecule has 6 rings (SSSR count). The Kier molecular flexibility index (Phi) is 3.88. The molecule has 1 N–H and O–H groups in total. The monoisotopic (exact) mass is 423 g/mol. The normalized spacial score (nSPS) is 15.2. The zero-order valence-electron chi connectivity index (χ0n) is 16.2. The molecule has 1 unspecified atom stereocenters. The van der Waals surface area contributed by atoms with Crippen LogP contribution in [0.15, 0.2) is 71.3 Å². The molecule has 0 radical (unpaired) electrons. The van der Waals surface area contributed by atoms with E-state index in [9.17, 15) is 10.1 Å². The minimum atomic E-state index is -0.459. The Morgan fingerprint density at radius 1 is 1.13 bits per heavy atom. The number of nitrogens with zero attached hydrogens (tertiary/aromatic N) is 3. The van der Waals surface area contributed by atoms with Crippen LogP contribution in [0.1, 0.15) is 15.4 Å². The molecule has 1 atom stereocenters. The Hall–Kier alpha value is -4.02. The molecule has 5 aromatic rings. The van der Waals surface area contributed by atoms with Gasteiger partial charge in [-0.25, -0.2) is 9.78 Å². The second-order valence-corrected chi connectivity index (χ2v) is 8.48. The predicted octanol–water partition coefficient (Wildman–Crippen LogP) is 4.55. The maximum atomic E-state index is 13.5. The van der Waals surface area contributed by atoms with Gasteiger partial charge in [-0.05, 0) is 41.8 Å². The number of nitriles is 1. The lowest BCUT2D eigenvalue weighted by Crippen LogP contribution is -2.44. The molecule has 7 heteroatoms. The lowest BCUT2D eigenvalue weighted by atomic mass is 10.1. The summed E-state index contributed by atoms with van der Waals surface area (Å²) in [5.41, 5.74) is 2.19. The van der Waals surface area contributed by atoms with Gasteiger partial charge in [0.2, 0.25) is 6.04 Å². The number of thiophene rings is 1. The number of nitrogens with one attached hydrogen (secondary N) is 1. The van der Waals surface area contributed by atoms with Crippen molar-refractivity contribution in [2.45, 2.75) is 12.5 Å². The number of carbonyl (C=O) groups excluding carboxylic acids is 1. The zero-order valence-corrected chi connectivity index (χ0v) is 17.0. The third kappa shape index (κ3) is 2.73. The number of hydrogen-bond acceptors (Lipinski definition) is 6. The Bertz CT molecular complexity index is 1530. The topological polar surface area (TPSA) is 82.8 Å². The van der Waals surface area contributed by atoms with E-state index in [2.05, 4.69) is 11.4 Å². The lowest BCUT2D eigenvalue weighted by Gasteiger charge is -2.07. The fourth-order valence-corrected chi connectivity index (χ4v) is 4.94. The summed E-state index contributed by atoms with van der Waals surface area (Å²) in [6.45, 7) is 0. The number of hydrogen-bond donors (Lipinski definition) is 1. The zero-order chi connectivity index (χ0) is 20.9. The lowest BCUT2D eigenvalue weighted by molar-refractivity contribution is -0.523. The highest BCUT2D eigenvalue weighted by Gasteiger charge is 2.43. The van der Waals surface area contributed by atoms with E-state index in [0.717, 1.165) is 32.4 Å². The van der Waals surface area contributed by atoms with Gasteiger partial charge < -0.3 is 4.42 Å². The van der Waals surface area contributed by atoms with Crippen molar-refractivity contribution in [2.24, 2.45) is 0 Å². The van der Waals surface area contributed by atoms with Crippen LogP contribution in [0.25, 0.3) is 32.4 Å². The van der Waals surface area contributed by atoms with Gasteiger partial charge >= 0.3 is 11.7 Å². The summed E-state index contributed by atoms with van der Waals surface area (Å²) < 4.78 is 7.20. The molecule has 31 heavy (non-hydrogen) atoms. The van der Waals surface area contributed by atoms with E-state index in [4.69, 9.17) is 9.40 Å².